The van der Waals surface area contributed by atoms with E-state index < -0.39 is 0 Å². The Balaban J connectivity index is 2.41. The highest BCUT2D eigenvalue weighted by Gasteiger charge is 2.15. The molecule has 2 nitrogen and oxygen atoms in total. The number of ketones is 1. The van der Waals surface area contributed by atoms with Gasteiger partial charge in [0.1, 0.15) is 5.78 Å². The van der Waals surface area contributed by atoms with Crippen LogP contribution in [-0.4, -0.2) is 10.8 Å². The molecular formula is C14H17NO. The van der Waals surface area contributed by atoms with Gasteiger partial charge in [-0.15, -0.1) is 0 Å². The minimum atomic E-state index is 0.261. The van der Waals surface area contributed by atoms with E-state index in [1.807, 2.05) is 18.3 Å². The van der Waals surface area contributed by atoms with Gasteiger partial charge in [-0.2, -0.15) is 0 Å². The summed E-state index contributed by atoms with van der Waals surface area (Å²) in [5.74, 6) is 0.603. The van der Waals surface area contributed by atoms with E-state index in [-0.39, 0.29) is 5.78 Å². The van der Waals surface area contributed by atoms with Gasteiger partial charge in [0.05, 0.1) is 0 Å². The number of carbonyl (C=O) groups is 1. The summed E-state index contributed by atoms with van der Waals surface area (Å²) in [4.78, 5) is 14.5. The second-order valence-corrected chi connectivity index (χ2v) is 4.30. The van der Waals surface area contributed by atoms with Gasteiger partial charge in [-0.1, -0.05) is 25.1 Å². The fourth-order valence-electron chi connectivity index (χ4n) is 2.25. The summed E-state index contributed by atoms with van der Waals surface area (Å²) < 4.78 is 0. The highest BCUT2D eigenvalue weighted by atomic mass is 16.1. The number of hydrogen-bond acceptors (Lipinski definition) is 1. The zero-order valence-corrected chi connectivity index (χ0v) is 9.79. The molecular weight excluding hydrogens is 198 g/mol. The maximum atomic E-state index is 11.2. The summed E-state index contributed by atoms with van der Waals surface area (Å²) in [6.45, 7) is 3.80. The lowest BCUT2D eigenvalue weighted by Crippen LogP contribution is -2.02. The molecule has 2 rings (SSSR count). The average Bonchev–Trinajstić information content (AvgIpc) is 2.69. The lowest BCUT2D eigenvalue weighted by atomic mass is 9.91. The van der Waals surface area contributed by atoms with E-state index in [0.717, 1.165) is 11.9 Å². The summed E-state index contributed by atoms with van der Waals surface area (Å²) in [7, 11) is 0. The minimum absolute atomic E-state index is 0.261. The molecule has 0 aliphatic rings. The van der Waals surface area contributed by atoms with Crippen LogP contribution in [0.15, 0.2) is 30.5 Å². The minimum Gasteiger partial charge on any atom is -0.361 e. The molecule has 0 aliphatic heterocycles. The van der Waals surface area contributed by atoms with Crippen molar-refractivity contribution < 1.29 is 4.79 Å². The van der Waals surface area contributed by atoms with E-state index in [1.165, 1.54) is 10.9 Å². The van der Waals surface area contributed by atoms with Crippen LogP contribution in [0.3, 0.4) is 0 Å². The first kappa shape index (κ1) is 10.9. The van der Waals surface area contributed by atoms with Crippen LogP contribution in [0.5, 0.6) is 0 Å². The van der Waals surface area contributed by atoms with Crippen molar-refractivity contribution in [2.75, 3.05) is 0 Å². The smallest absolute Gasteiger partial charge is 0.130 e. The van der Waals surface area contributed by atoms with Gasteiger partial charge in [0.15, 0.2) is 0 Å². The molecule has 1 aromatic heterocycles. The molecule has 84 valence electrons. The predicted molar refractivity (Wildman–Crippen MR) is 66.6 cm³/mol. The van der Waals surface area contributed by atoms with Crippen LogP contribution in [0.2, 0.25) is 0 Å². The van der Waals surface area contributed by atoms with Crippen molar-refractivity contribution in [3.63, 3.8) is 0 Å². The summed E-state index contributed by atoms with van der Waals surface area (Å²) in [6.07, 6.45) is 3.68. The monoisotopic (exact) mass is 215 g/mol. The molecule has 16 heavy (non-hydrogen) atoms. The topological polar surface area (TPSA) is 32.9 Å². The summed E-state index contributed by atoms with van der Waals surface area (Å²) in [5.41, 5.74) is 2.42. The van der Waals surface area contributed by atoms with Crippen molar-refractivity contribution in [3.05, 3.63) is 36.0 Å². The second-order valence-electron chi connectivity index (χ2n) is 4.30. The molecule has 0 radical (unpaired) electrons. The lowest BCUT2D eigenvalue weighted by Gasteiger charge is -2.11. The van der Waals surface area contributed by atoms with Crippen molar-refractivity contribution in [2.24, 2.45) is 0 Å². The normalized spacial score (nSPS) is 12.9. The average molecular weight is 215 g/mol. The maximum absolute atomic E-state index is 11.2. The maximum Gasteiger partial charge on any atom is 0.130 e. The van der Waals surface area contributed by atoms with Gasteiger partial charge in [-0.05, 0) is 30.9 Å². The van der Waals surface area contributed by atoms with Crippen LogP contribution in [0, 0.1) is 0 Å². The Morgan fingerprint density at radius 1 is 1.38 bits per heavy atom. The molecule has 1 heterocycles. The van der Waals surface area contributed by atoms with Crippen LogP contribution in [-0.2, 0) is 4.79 Å². The van der Waals surface area contributed by atoms with Gasteiger partial charge in [-0.25, -0.2) is 0 Å². The number of para-hydroxylation sites is 1. The molecule has 0 aliphatic carbocycles. The van der Waals surface area contributed by atoms with E-state index in [0.29, 0.717) is 12.3 Å². The Morgan fingerprint density at radius 3 is 2.81 bits per heavy atom. The quantitative estimate of drug-likeness (QED) is 0.829. The first-order valence-corrected chi connectivity index (χ1v) is 5.77. The number of aromatic nitrogens is 1. The van der Waals surface area contributed by atoms with Crippen LogP contribution in [0.25, 0.3) is 10.9 Å². The lowest BCUT2D eigenvalue weighted by molar-refractivity contribution is -0.117. The summed E-state index contributed by atoms with van der Waals surface area (Å²) >= 11 is 0. The molecule has 1 unspecified atom stereocenters. The largest absolute Gasteiger partial charge is 0.361 e. The third-order valence-electron chi connectivity index (χ3n) is 3.09. The van der Waals surface area contributed by atoms with Gasteiger partial charge in [0.25, 0.3) is 0 Å². The Bertz CT molecular complexity index is 498. The second kappa shape index (κ2) is 4.52. The molecule has 0 amide bonds. The van der Waals surface area contributed by atoms with E-state index >= 15 is 0 Å². The van der Waals surface area contributed by atoms with Crippen LogP contribution in [0.4, 0.5) is 0 Å². The zero-order chi connectivity index (χ0) is 11.5. The van der Waals surface area contributed by atoms with E-state index in [9.17, 15) is 4.79 Å². The van der Waals surface area contributed by atoms with Gasteiger partial charge in [0.2, 0.25) is 0 Å². The SMILES string of the molecule is CCC(CC(C)=O)c1c[nH]c2ccccc12. The van der Waals surface area contributed by atoms with E-state index in [4.69, 9.17) is 0 Å². The Morgan fingerprint density at radius 2 is 2.12 bits per heavy atom. The molecule has 2 aromatic rings. The van der Waals surface area contributed by atoms with Crippen LogP contribution >= 0.6 is 0 Å². The number of rotatable bonds is 4. The van der Waals surface area contributed by atoms with Crippen molar-refractivity contribution in [1.29, 1.82) is 0 Å². The molecule has 0 saturated heterocycles. The Hall–Kier alpha value is -1.57. The highest BCUT2D eigenvalue weighted by Crippen LogP contribution is 2.30. The van der Waals surface area contributed by atoms with Gasteiger partial charge in [-0.3, -0.25) is 0 Å². The third-order valence-corrected chi connectivity index (χ3v) is 3.09. The molecule has 1 atom stereocenters. The molecule has 0 spiro atoms. The standard InChI is InChI=1S/C14H17NO/c1-3-11(8-10(2)16)13-9-15-14-7-5-4-6-12(13)14/h4-7,9,11,15H,3,8H2,1-2H3. The molecule has 0 fully saturated rings. The fraction of sp³-hybridized carbons (Fsp3) is 0.357. The Kier molecular flexibility index (Phi) is 3.09. The van der Waals surface area contributed by atoms with Crippen molar-refractivity contribution >= 4 is 16.7 Å². The molecule has 2 heteroatoms. The van der Waals surface area contributed by atoms with Crippen molar-refractivity contribution in [1.82, 2.24) is 4.98 Å². The molecule has 0 bridgehead atoms. The fourth-order valence-corrected chi connectivity index (χ4v) is 2.25. The molecule has 1 aromatic carbocycles. The first-order chi connectivity index (χ1) is 7.72. The zero-order valence-electron chi connectivity index (χ0n) is 9.79. The number of carbonyl (C=O) groups excluding carboxylic acids is 1. The van der Waals surface area contributed by atoms with Crippen molar-refractivity contribution in [2.45, 2.75) is 32.6 Å². The predicted octanol–water partition coefficient (Wildman–Crippen LogP) is 3.64. The van der Waals surface area contributed by atoms with E-state index in [1.54, 1.807) is 6.92 Å². The van der Waals surface area contributed by atoms with E-state index in [2.05, 4.69) is 24.0 Å². The number of aromatic amines is 1. The number of hydrogen-bond donors (Lipinski definition) is 1. The first-order valence-electron chi connectivity index (χ1n) is 5.77. The number of benzene rings is 1. The number of H-pyrrole nitrogens is 1. The number of nitrogens with one attached hydrogen (secondary N) is 1. The van der Waals surface area contributed by atoms with Crippen LogP contribution in [0.1, 0.15) is 38.2 Å². The Labute approximate surface area is 95.7 Å². The van der Waals surface area contributed by atoms with Gasteiger partial charge < -0.3 is 9.78 Å². The molecule has 0 saturated carbocycles. The van der Waals surface area contributed by atoms with Crippen molar-refractivity contribution in [3.8, 4) is 0 Å². The van der Waals surface area contributed by atoms with Gasteiger partial charge >= 0.3 is 0 Å². The number of Topliss-reactive ketones (excluding diaryl/α,β-unsaturated/α-hetero) is 1. The van der Waals surface area contributed by atoms with Gasteiger partial charge in [0, 0.05) is 23.5 Å². The highest BCUT2D eigenvalue weighted by molar-refractivity contribution is 5.85. The third kappa shape index (κ3) is 2.01. The summed E-state index contributed by atoms with van der Waals surface area (Å²) in [5, 5.41) is 1.25. The number of fused-ring (bicyclic) bond motifs is 1. The van der Waals surface area contributed by atoms with Crippen LogP contribution < -0.4 is 0 Å². The molecule has 1 N–H and O–H groups in total. The summed E-state index contributed by atoms with van der Waals surface area (Å²) in [6, 6.07) is 8.25.